The van der Waals surface area contributed by atoms with Crippen molar-refractivity contribution >= 4 is 5.69 Å². The van der Waals surface area contributed by atoms with Crippen LogP contribution in [0.1, 0.15) is 26.7 Å². The third-order valence-corrected chi connectivity index (χ3v) is 3.22. The quantitative estimate of drug-likeness (QED) is 0.839. The summed E-state index contributed by atoms with van der Waals surface area (Å²) < 4.78 is 11.0. The molecule has 0 heterocycles. The van der Waals surface area contributed by atoms with Gasteiger partial charge in [-0.25, -0.2) is 0 Å². The van der Waals surface area contributed by atoms with E-state index in [9.17, 15) is 0 Å². The van der Waals surface area contributed by atoms with Crippen molar-refractivity contribution in [1.29, 1.82) is 0 Å². The van der Waals surface area contributed by atoms with Crippen molar-refractivity contribution in [3.05, 3.63) is 24.3 Å². The SMILES string of the molecule is COC1CC(Nc2cccc(OCC(C)C)c2)C1. The van der Waals surface area contributed by atoms with Crippen molar-refractivity contribution in [1.82, 2.24) is 0 Å². The lowest BCUT2D eigenvalue weighted by Gasteiger charge is -2.35. The number of hydrogen-bond acceptors (Lipinski definition) is 3. The van der Waals surface area contributed by atoms with E-state index < -0.39 is 0 Å². The molecule has 0 spiro atoms. The summed E-state index contributed by atoms with van der Waals surface area (Å²) in [7, 11) is 1.78. The Balaban J connectivity index is 1.84. The first-order chi connectivity index (χ1) is 8.67. The molecule has 1 saturated carbocycles. The number of hydrogen-bond donors (Lipinski definition) is 1. The van der Waals surface area contributed by atoms with Gasteiger partial charge in [0.05, 0.1) is 12.7 Å². The Kier molecular flexibility index (Phi) is 4.48. The first-order valence-corrected chi connectivity index (χ1v) is 6.69. The van der Waals surface area contributed by atoms with Crippen LogP contribution in [0.15, 0.2) is 24.3 Å². The molecule has 0 aromatic heterocycles. The molecule has 18 heavy (non-hydrogen) atoms. The molecule has 0 aliphatic heterocycles. The lowest BCUT2D eigenvalue weighted by Crippen LogP contribution is -2.40. The summed E-state index contributed by atoms with van der Waals surface area (Å²) in [5, 5.41) is 3.51. The van der Waals surface area contributed by atoms with E-state index in [-0.39, 0.29) is 0 Å². The summed E-state index contributed by atoms with van der Waals surface area (Å²) in [4.78, 5) is 0. The highest BCUT2D eigenvalue weighted by atomic mass is 16.5. The fourth-order valence-electron chi connectivity index (χ4n) is 2.05. The molecule has 0 bridgehead atoms. The Labute approximate surface area is 109 Å². The van der Waals surface area contributed by atoms with Crippen LogP contribution in [-0.4, -0.2) is 25.9 Å². The third kappa shape index (κ3) is 3.64. The first-order valence-electron chi connectivity index (χ1n) is 6.69. The van der Waals surface area contributed by atoms with E-state index in [1.165, 1.54) is 0 Å². The molecule has 100 valence electrons. The number of nitrogens with one attached hydrogen (secondary N) is 1. The van der Waals surface area contributed by atoms with Crippen molar-refractivity contribution in [2.24, 2.45) is 5.92 Å². The van der Waals surface area contributed by atoms with E-state index in [0.717, 1.165) is 30.9 Å². The summed E-state index contributed by atoms with van der Waals surface area (Å²) >= 11 is 0. The van der Waals surface area contributed by atoms with Crippen molar-refractivity contribution in [2.75, 3.05) is 19.0 Å². The monoisotopic (exact) mass is 249 g/mol. The Morgan fingerprint density at radius 1 is 1.33 bits per heavy atom. The smallest absolute Gasteiger partial charge is 0.121 e. The average molecular weight is 249 g/mol. The number of anilines is 1. The zero-order valence-electron chi connectivity index (χ0n) is 11.5. The predicted molar refractivity (Wildman–Crippen MR) is 74.2 cm³/mol. The minimum atomic E-state index is 0.433. The maximum atomic E-state index is 5.72. The van der Waals surface area contributed by atoms with Crippen LogP contribution in [0, 0.1) is 5.92 Å². The van der Waals surface area contributed by atoms with Gasteiger partial charge in [-0.2, -0.15) is 0 Å². The number of methoxy groups -OCH3 is 1. The van der Waals surface area contributed by atoms with Crippen LogP contribution in [-0.2, 0) is 4.74 Å². The summed E-state index contributed by atoms with van der Waals surface area (Å²) in [6.45, 7) is 5.07. The second-order valence-corrected chi connectivity index (χ2v) is 5.40. The van der Waals surface area contributed by atoms with Gasteiger partial charge in [-0.1, -0.05) is 19.9 Å². The van der Waals surface area contributed by atoms with Crippen molar-refractivity contribution in [2.45, 2.75) is 38.8 Å². The van der Waals surface area contributed by atoms with Crippen LogP contribution in [0.25, 0.3) is 0 Å². The highest BCUT2D eigenvalue weighted by Crippen LogP contribution is 2.27. The van der Waals surface area contributed by atoms with Crippen molar-refractivity contribution in [3.8, 4) is 5.75 Å². The second kappa shape index (κ2) is 6.10. The third-order valence-electron chi connectivity index (χ3n) is 3.22. The summed E-state index contributed by atoms with van der Waals surface area (Å²) in [6, 6.07) is 8.73. The molecule has 1 N–H and O–H groups in total. The Bertz CT molecular complexity index is 373. The zero-order valence-corrected chi connectivity index (χ0v) is 11.5. The molecule has 0 atom stereocenters. The summed E-state index contributed by atoms with van der Waals surface area (Å²) in [5.74, 6) is 1.49. The fraction of sp³-hybridized carbons (Fsp3) is 0.600. The molecule has 1 aliphatic carbocycles. The molecule has 1 aromatic rings. The van der Waals surface area contributed by atoms with Gasteiger partial charge in [-0.3, -0.25) is 0 Å². The molecule has 1 fully saturated rings. The molecule has 0 amide bonds. The first kappa shape index (κ1) is 13.2. The summed E-state index contributed by atoms with van der Waals surface area (Å²) in [6.07, 6.45) is 2.61. The standard InChI is InChI=1S/C15H23NO2/c1-11(2)10-18-14-6-4-5-12(7-14)16-13-8-15(9-13)17-3/h4-7,11,13,15-16H,8-10H2,1-3H3. The van der Waals surface area contributed by atoms with Crippen LogP contribution in [0.4, 0.5) is 5.69 Å². The Morgan fingerprint density at radius 3 is 2.78 bits per heavy atom. The van der Waals surface area contributed by atoms with Gasteiger partial charge in [0.15, 0.2) is 0 Å². The Morgan fingerprint density at radius 2 is 2.11 bits per heavy atom. The number of benzene rings is 1. The molecule has 2 rings (SSSR count). The van der Waals surface area contributed by atoms with Gasteiger partial charge in [0, 0.05) is 24.9 Å². The molecule has 1 aromatic carbocycles. The lowest BCUT2D eigenvalue weighted by molar-refractivity contribution is 0.0329. The fourth-order valence-corrected chi connectivity index (χ4v) is 2.05. The zero-order chi connectivity index (χ0) is 13.0. The molecular weight excluding hydrogens is 226 g/mol. The minimum Gasteiger partial charge on any atom is -0.493 e. The lowest BCUT2D eigenvalue weighted by atomic mass is 9.89. The van der Waals surface area contributed by atoms with Crippen LogP contribution in [0.2, 0.25) is 0 Å². The molecule has 0 radical (unpaired) electrons. The van der Waals surface area contributed by atoms with E-state index in [2.05, 4.69) is 31.3 Å². The van der Waals surface area contributed by atoms with Gasteiger partial charge in [0.1, 0.15) is 5.75 Å². The predicted octanol–water partition coefficient (Wildman–Crippen LogP) is 3.31. The molecule has 0 saturated heterocycles. The van der Waals surface area contributed by atoms with E-state index in [4.69, 9.17) is 9.47 Å². The number of ether oxygens (including phenoxy) is 2. The van der Waals surface area contributed by atoms with Crippen LogP contribution < -0.4 is 10.1 Å². The molecular formula is C15H23NO2. The van der Waals surface area contributed by atoms with Crippen molar-refractivity contribution < 1.29 is 9.47 Å². The maximum Gasteiger partial charge on any atom is 0.121 e. The van der Waals surface area contributed by atoms with Gasteiger partial charge in [-0.05, 0) is 30.9 Å². The van der Waals surface area contributed by atoms with E-state index in [1.807, 2.05) is 12.1 Å². The normalized spacial score (nSPS) is 22.7. The maximum absolute atomic E-state index is 5.72. The highest BCUT2D eigenvalue weighted by molar-refractivity contribution is 5.49. The summed E-state index contributed by atoms with van der Waals surface area (Å²) in [5.41, 5.74) is 1.14. The average Bonchev–Trinajstić information content (AvgIpc) is 2.31. The molecule has 0 unspecified atom stereocenters. The largest absolute Gasteiger partial charge is 0.493 e. The highest BCUT2D eigenvalue weighted by Gasteiger charge is 2.28. The second-order valence-electron chi connectivity index (χ2n) is 5.40. The van der Waals surface area contributed by atoms with Crippen LogP contribution in [0.3, 0.4) is 0 Å². The Hall–Kier alpha value is -1.22. The van der Waals surface area contributed by atoms with E-state index >= 15 is 0 Å². The van der Waals surface area contributed by atoms with E-state index in [0.29, 0.717) is 18.1 Å². The van der Waals surface area contributed by atoms with Crippen LogP contribution >= 0.6 is 0 Å². The van der Waals surface area contributed by atoms with Gasteiger partial charge < -0.3 is 14.8 Å². The van der Waals surface area contributed by atoms with Crippen LogP contribution in [0.5, 0.6) is 5.75 Å². The topological polar surface area (TPSA) is 30.5 Å². The number of rotatable bonds is 6. The van der Waals surface area contributed by atoms with Gasteiger partial charge in [-0.15, -0.1) is 0 Å². The van der Waals surface area contributed by atoms with Gasteiger partial charge in [0.25, 0.3) is 0 Å². The van der Waals surface area contributed by atoms with Gasteiger partial charge >= 0.3 is 0 Å². The minimum absolute atomic E-state index is 0.433. The molecule has 1 aliphatic rings. The molecule has 3 nitrogen and oxygen atoms in total. The van der Waals surface area contributed by atoms with Crippen molar-refractivity contribution in [3.63, 3.8) is 0 Å². The van der Waals surface area contributed by atoms with E-state index in [1.54, 1.807) is 7.11 Å². The van der Waals surface area contributed by atoms with Gasteiger partial charge in [0.2, 0.25) is 0 Å². The molecule has 3 heteroatoms.